The fourth-order valence-corrected chi connectivity index (χ4v) is 3.02. The summed E-state index contributed by atoms with van der Waals surface area (Å²) in [6.07, 6.45) is 0. The lowest BCUT2D eigenvalue weighted by Gasteiger charge is -2.22. The molecule has 0 spiro atoms. The van der Waals surface area contributed by atoms with Crippen LogP contribution >= 0.6 is 35.6 Å². The van der Waals surface area contributed by atoms with Gasteiger partial charge in [-0.15, -0.1) is 24.0 Å². The third-order valence-corrected chi connectivity index (χ3v) is 5.56. The van der Waals surface area contributed by atoms with Gasteiger partial charge in [-0.1, -0.05) is 17.7 Å². The first-order valence-corrected chi connectivity index (χ1v) is 10.2. The first kappa shape index (κ1) is 25.5. The van der Waals surface area contributed by atoms with Gasteiger partial charge in [-0.25, -0.2) is 0 Å². The fourth-order valence-electron chi connectivity index (χ4n) is 1.97. The molecular formula is C18H31ClIN3O2S. The number of nitrogens with one attached hydrogen (secondary N) is 1. The Morgan fingerprint density at radius 2 is 2.08 bits per heavy atom. The lowest BCUT2D eigenvalue weighted by Crippen LogP contribution is -2.41. The number of hydrogen-bond acceptors (Lipinski definition) is 3. The number of hydrogen-bond donors (Lipinski definition) is 1. The molecule has 8 heteroatoms. The maximum Gasteiger partial charge on any atom is 0.193 e. The summed E-state index contributed by atoms with van der Waals surface area (Å²) in [5.74, 6) is 2.11. The van der Waals surface area contributed by atoms with E-state index in [1.807, 2.05) is 57.8 Å². The first-order valence-electron chi connectivity index (χ1n) is 8.50. The van der Waals surface area contributed by atoms with Gasteiger partial charge in [0.05, 0.1) is 13.1 Å². The van der Waals surface area contributed by atoms with Gasteiger partial charge >= 0.3 is 0 Å². The maximum absolute atomic E-state index is 12.1. The summed E-state index contributed by atoms with van der Waals surface area (Å²) >= 11 is 5.95. The van der Waals surface area contributed by atoms with Crippen LogP contribution in [0.1, 0.15) is 27.7 Å². The number of halogens is 2. The lowest BCUT2D eigenvalue weighted by atomic mass is 10.3. The molecule has 150 valence electrons. The summed E-state index contributed by atoms with van der Waals surface area (Å²) in [6.45, 7) is 10.5. The molecule has 0 aliphatic heterocycles. The Kier molecular flexibility index (Phi) is 12.5. The van der Waals surface area contributed by atoms with E-state index < -0.39 is 10.8 Å². The quantitative estimate of drug-likeness (QED) is 0.325. The van der Waals surface area contributed by atoms with Crippen LogP contribution in [0.4, 0.5) is 0 Å². The molecule has 1 aromatic carbocycles. The highest BCUT2D eigenvalue weighted by Gasteiger charge is 2.18. The first-order chi connectivity index (χ1) is 11.7. The molecule has 1 rings (SSSR count). The Morgan fingerprint density at radius 3 is 2.65 bits per heavy atom. The Hall–Kier alpha value is -0.540. The van der Waals surface area contributed by atoms with Gasteiger partial charge in [0, 0.05) is 39.9 Å². The number of guanidine groups is 1. The average molecular weight is 516 g/mol. The van der Waals surface area contributed by atoms with Gasteiger partial charge in [0.1, 0.15) is 12.4 Å². The van der Waals surface area contributed by atoms with Crippen molar-refractivity contribution >= 4 is 52.3 Å². The average Bonchev–Trinajstić information content (AvgIpc) is 2.53. The summed E-state index contributed by atoms with van der Waals surface area (Å²) in [6, 6.07) is 7.36. The smallest absolute Gasteiger partial charge is 0.193 e. The van der Waals surface area contributed by atoms with Crippen LogP contribution in [0.15, 0.2) is 29.3 Å². The molecule has 0 saturated heterocycles. The molecule has 0 aliphatic carbocycles. The molecule has 0 bridgehead atoms. The molecule has 0 amide bonds. The van der Waals surface area contributed by atoms with E-state index in [9.17, 15) is 4.21 Å². The minimum absolute atomic E-state index is 0. The van der Waals surface area contributed by atoms with E-state index in [4.69, 9.17) is 16.3 Å². The Labute approximate surface area is 182 Å². The van der Waals surface area contributed by atoms with Crippen LogP contribution in [0, 0.1) is 0 Å². The lowest BCUT2D eigenvalue weighted by molar-refractivity contribution is 0.281. The van der Waals surface area contributed by atoms with Crippen LogP contribution < -0.4 is 10.1 Å². The molecule has 0 saturated carbocycles. The molecule has 0 radical (unpaired) electrons. The summed E-state index contributed by atoms with van der Waals surface area (Å²) < 4.78 is 17.6. The van der Waals surface area contributed by atoms with Gasteiger partial charge in [-0.3, -0.25) is 9.20 Å². The zero-order valence-corrected chi connectivity index (χ0v) is 20.2. The van der Waals surface area contributed by atoms with E-state index in [-0.39, 0.29) is 28.7 Å². The highest BCUT2D eigenvalue weighted by Crippen LogP contribution is 2.16. The number of nitrogens with zero attached hydrogens (tertiary/aromatic N) is 2. The molecule has 0 aromatic heterocycles. The van der Waals surface area contributed by atoms with Crippen molar-refractivity contribution in [2.75, 3.05) is 39.0 Å². The van der Waals surface area contributed by atoms with E-state index in [2.05, 4.69) is 10.3 Å². The van der Waals surface area contributed by atoms with Gasteiger partial charge in [-0.05, 0) is 45.9 Å². The number of ether oxygens (including phenoxy) is 1. The predicted molar refractivity (Wildman–Crippen MR) is 124 cm³/mol. The second-order valence-electron chi connectivity index (χ2n) is 6.63. The van der Waals surface area contributed by atoms with E-state index >= 15 is 0 Å². The van der Waals surface area contributed by atoms with Crippen molar-refractivity contribution < 1.29 is 8.95 Å². The van der Waals surface area contributed by atoms with E-state index in [0.29, 0.717) is 30.5 Å². The Bertz CT molecular complexity index is 594. The summed E-state index contributed by atoms with van der Waals surface area (Å²) in [5.41, 5.74) is 0. The van der Waals surface area contributed by atoms with Crippen molar-refractivity contribution in [3.63, 3.8) is 0 Å². The SMILES string of the molecule is CCNC(=NCCS(=O)C(C)(C)C)N(C)CCOc1cccc(Cl)c1.I. The molecular weight excluding hydrogens is 485 g/mol. The number of benzene rings is 1. The molecule has 1 unspecified atom stereocenters. The predicted octanol–water partition coefficient (Wildman–Crippen LogP) is 3.78. The Morgan fingerprint density at radius 1 is 1.38 bits per heavy atom. The van der Waals surface area contributed by atoms with Crippen molar-refractivity contribution in [1.29, 1.82) is 0 Å². The highest BCUT2D eigenvalue weighted by atomic mass is 127. The van der Waals surface area contributed by atoms with Crippen molar-refractivity contribution in [2.45, 2.75) is 32.4 Å². The molecule has 0 heterocycles. The zero-order valence-electron chi connectivity index (χ0n) is 16.3. The van der Waals surface area contributed by atoms with Crippen LogP contribution in [-0.4, -0.2) is 58.9 Å². The van der Waals surface area contributed by atoms with Gasteiger partial charge < -0.3 is 15.0 Å². The molecule has 26 heavy (non-hydrogen) atoms. The van der Waals surface area contributed by atoms with Crippen molar-refractivity contribution in [3.8, 4) is 5.75 Å². The molecule has 1 N–H and O–H groups in total. The normalized spacial score (nSPS) is 12.9. The second-order valence-corrected chi connectivity index (χ2v) is 9.39. The van der Waals surface area contributed by atoms with Gasteiger partial charge in [-0.2, -0.15) is 0 Å². The number of rotatable bonds is 8. The highest BCUT2D eigenvalue weighted by molar-refractivity contribution is 14.0. The van der Waals surface area contributed by atoms with Crippen LogP contribution in [0.3, 0.4) is 0 Å². The second kappa shape index (κ2) is 12.8. The topological polar surface area (TPSA) is 53.9 Å². The van der Waals surface area contributed by atoms with E-state index in [1.165, 1.54) is 0 Å². The van der Waals surface area contributed by atoms with E-state index in [0.717, 1.165) is 18.3 Å². The third-order valence-electron chi connectivity index (χ3n) is 3.41. The molecule has 1 atom stereocenters. The van der Waals surface area contributed by atoms with Crippen molar-refractivity contribution in [1.82, 2.24) is 10.2 Å². The fraction of sp³-hybridized carbons (Fsp3) is 0.611. The van der Waals surface area contributed by atoms with Crippen LogP contribution in [0.25, 0.3) is 0 Å². The third kappa shape index (κ3) is 9.97. The Balaban J connectivity index is 0.00000625. The van der Waals surface area contributed by atoms with E-state index in [1.54, 1.807) is 6.07 Å². The van der Waals surface area contributed by atoms with Crippen LogP contribution in [0.5, 0.6) is 5.75 Å². The zero-order chi connectivity index (χ0) is 18.9. The van der Waals surface area contributed by atoms with Gasteiger partial charge in [0.2, 0.25) is 0 Å². The largest absolute Gasteiger partial charge is 0.492 e. The summed E-state index contributed by atoms with van der Waals surface area (Å²) in [4.78, 5) is 6.58. The molecule has 1 aromatic rings. The molecule has 0 fully saturated rings. The number of aliphatic imine (C=N–C) groups is 1. The minimum Gasteiger partial charge on any atom is -0.492 e. The number of likely N-dealkylation sites (N-methyl/N-ethyl adjacent to an activating group) is 1. The van der Waals surface area contributed by atoms with Gasteiger partial charge in [0.15, 0.2) is 5.96 Å². The minimum atomic E-state index is -0.894. The maximum atomic E-state index is 12.1. The summed E-state index contributed by atoms with van der Waals surface area (Å²) in [5, 5.41) is 3.91. The molecule has 0 aliphatic rings. The molecule has 5 nitrogen and oxygen atoms in total. The summed E-state index contributed by atoms with van der Waals surface area (Å²) in [7, 11) is 1.07. The van der Waals surface area contributed by atoms with Crippen LogP contribution in [-0.2, 0) is 10.8 Å². The van der Waals surface area contributed by atoms with Crippen LogP contribution in [0.2, 0.25) is 5.02 Å². The standard InChI is InChI=1S/C18H30ClN3O2S.HI/c1-6-20-17(21-10-13-25(23)18(2,3)4)22(5)11-12-24-16-9-7-8-15(19)14-16;/h7-9,14H,6,10-13H2,1-5H3,(H,20,21);1H. The van der Waals surface area contributed by atoms with Crippen molar-refractivity contribution in [3.05, 3.63) is 29.3 Å². The monoisotopic (exact) mass is 515 g/mol. The van der Waals surface area contributed by atoms with Crippen molar-refractivity contribution in [2.24, 2.45) is 4.99 Å². The van der Waals surface area contributed by atoms with Gasteiger partial charge in [0.25, 0.3) is 0 Å².